The van der Waals surface area contributed by atoms with Gasteiger partial charge in [0.15, 0.2) is 0 Å². The Morgan fingerprint density at radius 2 is 2.21 bits per heavy atom. The van der Waals surface area contributed by atoms with Gasteiger partial charge in [-0.25, -0.2) is 0 Å². The van der Waals surface area contributed by atoms with Gasteiger partial charge < -0.3 is 10.2 Å². The van der Waals surface area contributed by atoms with Crippen LogP contribution in [0.3, 0.4) is 0 Å². The molecule has 1 unspecified atom stereocenters. The fourth-order valence-corrected chi connectivity index (χ4v) is 2.77. The van der Waals surface area contributed by atoms with Crippen molar-refractivity contribution in [1.82, 2.24) is 10.2 Å². The molecule has 0 aromatic rings. The second-order valence-corrected chi connectivity index (χ2v) is 5.28. The molecule has 0 amide bonds. The van der Waals surface area contributed by atoms with Crippen molar-refractivity contribution >= 4 is 11.8 Å². The topological polar surface area (TPSA) is 15.3 Å². The van der Waals surface area contributed by atoms with Crippen molar-refractivity contribution in [1.29, 1.82) is 0 Å². The lowest BCUT2D eigenvalue weighted by molar-refractivity contribution is 0.278. The summed E-state index contributed by atoms with van der Waals surface area (Å²) in [6, 6.07) is 0.677. The maximum atomic E-state index is 3.47. The molecule has 0 spiro atoms. The Bertz CT molecular complexity index is 133. The Kier molecular flexibility index (Phi) is 6.65. The van der Waals surface area contributed by atoms with E-state index in [-0.39, 0.29) is 0 Å². The first kappa shape index (κ1) is 12.3. The van der Waals surface area contributed by atoms with Gasteiger partial charge in [0, 0.05) is 18.3 Å². The van der Waals surface area contributed by atoms with E-state index in [1.165, 1.54) is 44.0 Å². The van der Waals surface area contributed by atoms with Crippen LogP contribution in [-0.4, -0.2) is 48.6 Å². The van der Waals surface area contributed by atoms with E-state index in [1.54, 1.807) is 0 Å². The van der Waals surface area contributed by atoms with Gasteiger partial charge in [0.05, 0.1) is 0 Å². The van der Waals surface area contributed by atoms with Crippen molar-refractivity contribution in [3.05, 3.63) is 0 Å². The number of rotatable bonds is 5. The van der Waals surface area contributed by atoms with Gasteiger partial charge in [0.25, 0.3) is 0 Å². The number of nitrogens with zero attached hydrogens (tertiary/aromatic N) is 1. The number of nitrogens with one attached hydrogen (secondary N) is 1. The molecule has 14 heavy (non-hydrogen) atoms. The highest BCUT2D eigenvalue weighted by molar-refractivity contribution is 7.99. The zero-order chi connectivity index (χ0) is 10.2. The lowest BCUT2D eigenvalue weighted by atomic mass is 10.2. The molecule has 0 bridgehead atoms. The zero-order valence-electron chi connectivity index (χ0n) is 9.59. The monoisotopic (exact) mass is 216 g/mol. The highest BCUT2D eigenvalue weighted by Crippen LogP contribution is 2.10. The summed E-state index contributed by atoms with van der Waals surface area (Å²) < 4.78 is 0. The lowest BCUT2D eigenvalue weighted by Gasteiger charge is -2.21. The average molecular weight is 216 g/mol. The summed E-state index contributed by atoms with van der Waals surface area (Å²) in [5.41, 5.74) is 0. The SMILES string of the molecule is CCNC(C)CCN1CCCSCC1. The molecule has 1 heterocycles. The van der Waals surface area contributed by atoms with Gasteiger partial charge in [0.2, 0.25) is 0 Å². The van der Waals surface area contributed by atoms with Crippen LogP contribution in [0.2, 0.25) is 0 Å². The molecule has 2 nitrogen and oxygen atoms in total. The molecule has 0 aliphatic carbocycles. The lowest BCUT2D eigenvalue weighted by Crippen LogP contribution is -2.33. The Hall–Kier alpha value is 0.270. The number of hydrogen-bond donors (Lipinski definition) is 1. The third kappa shape index (κ3) is 5.23. The second kappa shape index (κ2) is 7.55. The molecule has 0 radical (unpaired) electrons. The summed E-state index contributed by atoms with van der Waals surface area (Å²) in [5.74, 6) is 2.69. The van der Waals surface area contributed by atoms with E-state index in [4.69, 9.17) is 0 Å². The van der Waals surface area contributed by atoms with Crippen molar-refractivity contribution < 1.29 is 0 Å². The molecule has 0 aromatic carbocycles. The standard InChI is InChI=1S/C11H24N2S/c1-3-12-11(2)5-7-13-6-4-9-14-10-8-13/h11-12H,3-10H2,1-2H3. The molecule has 1 aliphatic rings. The van der Waals surface area contributed by atoms with E-state index in [9.17, 15) is 0 Å². The predicted molar refractivity (Wildman–Crippen MR) is 66.1 cm³/mol. The van der Waals surface area contributed by atoms with Crippen LogP contribution in [0, 0.1) is 0 Å². The fourth-order valence-electron chi connectivity index (χ4n) is 1.85. The zero-order valence-corrected chi connectivity index (χ0v) is 10.4. The van der Waals surface area contributed by atoms with Gasteiger partial charge in [-0.3, -0.25) is 0 Å². The Morgan fingerprint density at radius 3 is 3.00 bits per heavy atom. The summed E-state index contributed by atoms with van der Waals surface area (Å²) in [6.07, 6.45) is 2.67. The largest absolute Gasteiger partial charge is 0.314 e. The Labute approximate surface area is 92.8 Å². The molecule has 3 heteroatoms. The predicted octanol–water partition coefficient (Wildman–Crippen LogP) is 1.81. The van der Waals surface area contributed by atoms with Crippen molar-refractivity contribution in [3.8, 4) is 0 Å². The van der Waals surface area contributed by atoms with Crippen molar-refractivity contribution in [2.24, 2.45) is 0 Å². The molecule has 0 aromatic heterocycles. The van der Waals surface area contributed by atoms with Crippen molar-refractivity contribution in [2.75, 3.05) is 37.7 Å². The molecule has 1 N–H and O–H groups in total. The normalized spacial score (nSPS) is 21.9. The second-order valence-electron chi connectivity index (χ2n) is 4.05. The average Bonchev–Trinajstić information content (AvgIpc) is 2.43. The van der Waals surface area contributed by atoms with Crippen LogP contribution in [0.1, 0.15) is 26.7 Å². The minimum absolute atomic E-state index is 0.677. The molecular weight excluding hydrogens is 192 g/mol. The van der Waals surface area contributed by atoms with Gasteiger partial charge in [-0.1, -0.05) is 6.92 Å². The van der Waals surface area contributed by atoms with Gasteiger partial charge in [-0.15, -0.1) is 0 Å². The van der Waals surface area contributed by atoms with Crippen LogP contribution in [0.5, 0.6) is 0 Å². The molecule has 1 aliphatic heterocycles. The molecular formula is C11H24N2S. The van der Waals surface area contributed by atoms with Crippen LogP contribution in [0.25, 0.3) is 0 Å². The summed E-state index contributed by atoms with van der Waals surface area (Å²) in [4.78, 5) is 2.62. The Balaban J connectivity index is 2.09. The molecule has 0 saturated carbocycles. The van der Waals surface area contributed by atoms with E-state index in [2.05, 4.69) is 35.8 Å². The number of hydrogen-bond acceptors (Lipinski definition) is 3. The first-order valence-electron chi connectivity index (χ1n) is 5.86. The third-order valence-electron chi connectivity index (χ3n) is 2.75. The van der Waals surface area contributed by atoms with E-state index < -0.39 is 0 Å². The Morgan fingerprint density at radius 1 is 1.36 bits per heavy atom. The minimum Gasteiger partial charge on any atom is -0.314 e. The summed E-state index contributed by atoms with van der Waals surface area (Å²) in [6.45, 7) is 9.44. The van der Waals surface area contributed by atoms with Crippen LogP contribution in [0.4, 0.5) is 0 Å². The maximum absolute atomic E-state index is 3.47. The fraction of sp³-hybridized carbons (Fsp3) is 1.00. The van der Waals surface area contributed by atoms with Gasteiger partial charge >= 0.3 is 0 Å². The summed E-state index contributed by atoms with van der Waals surface area (Å²) in [5, 5.41) is 3.47. The van der Waals surface area contributed by atoms with Crippen LogP contribution < -0.4 is 5.32 Å². The first-order chi connectivity index (χ1) is 6.83. The highest BCUT2D eigenvalue weighted by Gasteiger charge is 2.09. The smallest absolute Gasteiger partial charge is 0.00724 e. The van der Waals surface area contributed by atoms with E-state index in [0.717, 1.165) is 6.54 Å². The van der Waals surface area contributed by atoms with Crippen LogP contribution >= 0.6 is 11.8 Å². The van der Waals surface area contributed by atoms with Crippen LogP contribution in [0.15, 0.2) is 0 Å². The van der Waals surface area contributed by atoms with Gasteiger partial charge in [-0.05, 0) is 45.2 Å². The quantitative estimate of drug-likeness (QED) is 0.754. The van der Waals surface area contributed by atoms with E-state index >= 15 is 0 Å². The molecule has 1 atom stereocenters. The van der Waals surface area contributed by atoms with E-state index in [0.29, 0.717) is 6.04 Å². The van der Waals surface area contributed by atoms with Crippen molar-refractivity contribution in [3.63, 3.8) is 0 Å². The minimum atomic E-state index is 0.677. The molecule has 1 rings (SSSR count). The summed E-state index contributed by atoms with van der Waals surface area (Å²) in [7, 11) is 0. The molecule has 1 saturated heterocycles. The van der Waals surface area contributed by atoms with Gasteiger partial charge in [0.1, 0.15) is 0 Å². The maximum Gasteiger partial charge on any atom is 0.00724 e. The molecule has 84 valence electrons. The third-order valence-corrected chi connectivity index (χ3v) is 3.79. The van der Waals surface area contributed by atoms with E-state index in [1.807, 2.05) is 0 Å². The first-order valence-corrected chi connectivity index (χ1v) is 7.02. The highest BCUT2D eigenvalue weighted by atomic mass is 32.2. The van der Waals surface area contributed by atoms with Crippen LogP contribution in [-0.2, 0) is 0 Å². The van der Waals surface area contributed by atoms with Gasteiger partial charge in [-0.2, -0.15) is 11.8 Å². The van der Waals surface area contributed by atoms with Crippen molar-refractivity contribution in [2.45, 2.75) is 32.7 Å². The summed E-state index contributed by atoms with van der Waals surface area (Å²) >= 11 is 2.11. The molecule has 1 fully saturated rings. The number of thioether (sulfide) groups is 1.